The van der Waals surface area contributed by atoms with E-state index in [4.69, 9.17) is 16.3 Å². The number of pyridine rings is 1. The Morgan fingerprint density at radius 2 is 1.53 bits per heavy atom. The highest BCUT2D eigenvalue weighted by molar-refractivity contribution is 6.35. The Morgan fingerprint density at radius 1 is 0.794 bits per heavy atom. The zero-order valence-electron chi connectivity index (χ0n) is 19.1. The van der Waals surface area contributed by atoms with E-state index in [-0.39, 0.29) is 5.56 Å². The number of nitrogens with zero attached hydrogens (tertiary/aromatic N) is 1. The molecule has 5 aromatic rings. The van der Waals surface area contributed by atoms with Crippen LogP contribution in [0.5, 0.6) is 11.5 Å². The van der Waals surface area contributed by atoms with E-state index in [9.17, 15) is 4.79 Å². The van der Waals surface area contributed by atoms with Crippen LogP contribution in [0.15, 0.2) is 102 Å². The lowest BCUT2D eigenvalue weighted by molar-refractivity contribution is 0.483. The summed E-state index contributed by atoms with van der Waals surface area (Å²) < 4.78 is 7.76. The van der Waals surface area contributed by atoms with Crippen molar-refractivity contribution < 1.29 is 4.74 Å². The van der Waals surface area contributed by atoms with Crippen LogP contribution >= 0.6 is 11.6 Å². The number of aryl methyl sites for hydroxylation is 2. The summed E-state index contributed by atoms with van der Waals surface area (Å²) >= 11 is 6.46. The average molecular weight is 466 g/mol. The molecule has 0 unspecified atom stereocenters. The van der Waals surface area contributed by atoms with Gasteiger partial charge in [0.15, 0.2) is 0 Å². The summed E-state index contributed by atoms with van der Waals surface area (Å²) in [6.45, 7) is 4.61. The molecular weight excluding hydrogens is 442 g/mol. The third-order valence-corrected chi connectivity index (χ3v) is 6.36. The number of para-hydroxylation sites is 1. The van der Waals surface area contributed by atoms with Crippen LogP contribution in [0.2, 0.25) is 5.02 Å². The predicted octanol–water partition coefficient (Wildman–Crippen LogP) is 7.78. The van der Waals surface area contributed by atoms with Crippen molar-refractivity contribution in [2.24, 2.45) is 0 Å². The molecule has 1 aromatic heterocycles. The topological polar surface area (TPSA) is 31.2 Å². The van der Waals surface area contributed by atoms with Crippen LogP contribution in [-0.2, 0) is 6.54 Å². The molecule has 0 fully saturated rings. The molecule has 0 radical (unpaired) electrons. The molecule has 0 saturated heterocycles. The van der Waals surface area contributed by atoms with Crippen LogP contribution in [0, 0.1) is 13.8 Å². The molecule has 0 bridgehead atoms. The summed E-state index contributed by atoms with van der Waals surface area (Å²) in [4.78, 5) is 13.7. The molecule has 0 amide bonds. The van der Waals surface area contributed by atoms with Crippen LogP contribution in [0.1, 0.15) is 16.7 Å². The van der Waals surface area contributed by atoms with Crippen LogP contribution in [0.4, 0.5) is 0 Å². The molecule has 0 aliphatic rings. The number of aromatic nitrogens is 1. The van der Waals surface area contributed by atoms with Crippen molar-refractivity contribution in [3.05, 3.63) is 129 Å². The first-order valence-corrected chi connectivity index (χ1v) is 11.6. The van der Waals surface area contributed by atoms with Gasteiger partial charge in [-0.2, -0.15) is 0 Å². The van der Waals surface area contributed by atoms with Crippen molar-refractivity contribution in [1.82, 2.24) is 4.57 Å². The van der Waals surface area contributed by atoms with Gasteiger partial charge in [0.1, 0.15) is 11.5 Å². The van der Waals surface area contributed by atoms with Crippen molar-refractivity contribution in [2.75, 3.05) is 0 Å². The fourth-order valence-corrected chi connectivity index (χ4v) is 4.53. The lowest BCUT2D eigenvalue weighted by atomic mass is 10.0. The van der Waals surface area contributed by atoms with E-state index >= 15 is 0 Å². The Bertz CT molecular complexity index is 1540. The lowest BCUT2D eigenvalue weighted by Crippen LogP contribution is -2.23. The minimum atomic E-state index is -0.0947. The van der Waals surface area contributed by atoms with Gasteiger partial charge >= 0.3 is 0 Å². The van der Waals surface area contributed by atoms with Crippen molar-refractivity contribution in [3.8, 4) is 22.8 Å². The molecule has 34 heavy (non-hydrogen) atoms. The average Bonchev–Trinajstić information content (AvgIpc) is 2.83. The molecular formula is C30H24ClNO2. The maximum Gasteiger partial charge on any atom is 0.260 e. The molecule has 4 aromatic carbocycles. The van der Waals surface area contributed by atoms with Crippen LogP contribution in [0.3, 0.4) is 0 Å². The first kappa shape index (κ1) is 22.0. The van der Waals surface area contributed by atoms with Gasteiger partial charge in [0.2, 0.25) is 0 Å². The van der Waals surface area contributed by atoms with Gasteiger partial charge in [-0.15, -0.1) is 0 Å². The second-order valence-electron chi connectivity index (χ2n) is 8.49. The highest BCUT2D eigenvalue weighted by Gasteiger charge is 2.15. The third-order valence-electron chi connectivity index (χ3n) is 6.04. The van der Waals surface area contributed by atoms with Crippen molar-refractivity contribution in [1.29, 1.82) is 0 Å². The molecule has 0 saturated carbocycles. The lowest BCUT2D eigenvalue weighted by Gasteiger charge is -2.17. The maximum atomic E-state index is 13.7. The monoisotopic (exact) mass is 465 g/mol. The van der Waals surface area contributed by atoms with E-state index in [0.29, 0.717) is 17.0 Å². The van der Waals surface area contributed by atoms with Crippen LogP contribution in [0.25, 0.3) is 22.0 Å². The molecule has 0 spiro atoms. The summed E-state index contributed by atoms with van der Waals surface area (Å²) in [5, 5.41) is 1.84. The number of hydrogen-bond donors (Lipinski definition) is 0. The summed E-state index contributed by atoms with van der Waals surface area (Å²) in [5.41, 5.74) is 5.13. The fourth-order valence-electron chi connectivity index (χ4n) is 4.26. The van der Waals surface area contributed by atoms with Crippen molar-refractivity contribution >= 4 is 22.4 Å². The van der Waals surface area contributed by atoms with Gasteiger partial charge in [-0.05, 0) is 84.5 Å². The molecule has 0 aliphatic carbocycles. The summed E-state index contributed by atoms with van der Waals surface area (Å²) in [6.07, 6.45) is 0. The normalized spacial score (nSPS) is 11.0. The number of fused-ring (bicyclic) bond motifs is 1. The minimum absolute atomic E-state index is 0.0947. The Kier molecular flexibility index (Phi) is 5.95. The van der Waals surface area contributed by atoms with Gasteiger partial charge < -0.3 is 9.30 Å². The number of benzene rings is 4. The zero-order chi connectivity index (χ0) is 23.7. The highest BCUT2D eigenvalue weighted by atomic mass is 35.5. The van der Waals surface area contributed by atoms with Gasteiger partial charge in [-0.25, -0.2) is 0 Å². The van der Waals surface area contributed by atoms with Crippen LogP contribution < -0.4 is 10.3 Å². The first-order chi connectivity index (χ1) is 16.5. The second kappa shape index (κ2) is 9.20. The van der Waals surface area contributed by atoms with Crippen molar-refractivity contribution in [3.63, 3.8) is 0 Å². The smallest absolute Gasteiger partial charge is 0.260 e. The van der Waals surface area contributed by atoms with E-state index in [2.05, 4.69) is 32.0 Å². The van der Waals surface area contributed by atoms with E-state index in [1.165, 1.54) is 5.56 Å². The number of ether oxygens (including phenoxy) is 1. The number of rotatable bonds is 5. The molecule has 168 valence electrons. The molecule has 0 atom stereocenters. The highest BCUT2D eigenvalue weighted by Crippen LogP contribution is 2.29. The van der Waals surface area contributed by atoms with Gasteiger partial charge in [0.05, 0.1) is 22.6 Å². The molecule has 5 rings (SSSR count). The molecule has 1 heterocycles. The molecule has 3 nitrogen and oxygen atoms in total. The second-order valence-corrected chi connectivity index (χ2v) is 8.90. The van der Waals surface area contributed by atoms with Crippen LogP contribution in [-0.4, -0.2) is 4.57 Å². The number of hydrogen-bond acceptors (Lipinski definition) is 2. The largest absolute Gasteiger partial charge is 0.457 e. The molecule has 4 heteroatoms. The standard InChI is InChI=1S/C30H24ClNO2/c1-20-11-12-24(21(2)17-20)19-32-28(18-23-7-6-10-27(31)29(23)30(32)33)22-13-15-26(16-14-22)34-25-8-4-3-5-9-25/h3-18H,19H2,1-2H3. The fraction of sp³-hybridized carbons (Fsp3) is 0.100. The van der Waals surface area contributed by atoms with Gasteiger partial charge in [0.25, 0.3) is 5.56 Å². The maximum absolute atomic E-state index is 13.7. The Balaban J connectivity index is 1.62. The summed E-state index contributed by atoms with van der Waals surface area (Å²) in [5.74, 6) is 1.52. The Morgan fingerprint density at radius 3 is 2.26 bits per heavy atom. The Labute approximate surface area is 203 Å². The first-order valence-electron chi connectivity index (χ1n) is 11.2. The minimum Gasteiger partial charge on any atom is -0.457 e. The number of halogens is 1. The van der Waals surface area contributed by atoms with E-state index < -0.39 is 0 Å². The zero-order valence-corrected chi connectivity index (χ0v) is 19.8. The molecule has 0 aliphatic heterocycles. The quantitative estimate of drug-likeness (QED) is 0.265. The summed E-state index contributed by atoms with van der Waals surface area (Å²) in [6, 6.07) is 31.4. The SMILES string of the molecule is Cc1ccc(Cn2c(-c3ccc(Oc4ccccc4)cc3)cc3cccc(Cl)c3c2=O)c(C)c1. The van der Waals surface area contributed by atoms with Gasteiger partial charge in [-0.3, -0.25) is 4.79 Å². The molecule has 0 N–H and O–H groups in total. The van der Waals surface area contributed by atoms with E-state index in [1.807, 2.05) is 77.4 Å². The van der Waals surface area contributed by atoms with Gasteiger partial charge in [-0.1, -0.05) is 65.7 Å². The van der Waals surface area contributed by atoms with Gasteiger partial charge in [0, 0.05) is 0 Å². The summed E-state index contributed by atoms with van der Waals surface area (Å²) in [7, 11) is 0. The van der Waals surface area contributed by atoms with Crippen molar-refractivity contribution in [2.45, 2.75) is 20.4 Å². The van der Waals surface area contributed by atoms with E-state index in [1.54, 1.807) is 6.07 Å². The third kappa shape index (κ3) is 4.35. The Hall–Kier alpha value is -3.82. The van der Waals surface area contributed by atoms with E-state index in [0.717, 1.165) is 39.3 Å². The predicted molar refractivity (Wildman–Crippen MR) is 140 cm³/mol.